The van der Waals surface area contributed by atoms with E-state index in [4.69, 9.17) is 0 Å². The molecule has 2 aromatic carbocycles. The molecule has 2 nitrogen and oxygen atoms in total. The second-order valence-electron chi connectivity index (χ2n) is 8.17. The van der Waals surface area contributed by atoms with Crippen molar-refractivity contribution in [2.24, 2.45) is 5.41 Å². The second-order valence-corrected chi connectivity index (χ2v) is 8.17. The van der Waals surface area contributed by atoms with Gasteiger partial charge in [0.15, 0.2) is 11.6 Å². The fourth-order valence-electron chi connectivity index (χ4n) is 3.69. The Morgan fingerprint density at radius 3 is 1.86 bits per heavy atom. The average Bonchev–Trinajstić information content (AvgIpc) is 2.68. The molecule has 0 bridgehead atoms. The van der Waals surface area contributed by atoms with Gasteiger partial charge in [-0.05, 0) is 39.8 Å². The number of hydrogen-bond acceptors (Lipinski definition) is 2. The molecule has 138 valence electrons. The van der Waals surface area contributed by atoms with Crippen LogP contribution in [0.4, 0.5) is 0 Å². The van der Waals surface area contributed by atoms with Gasteiger partial charge in [0.2, 0.25) is 0 Å². The van der Waals surface area contributed by atoms with Crippen molar-refractivity contribution in [3.63, 3.8) is 0 Å². The molecule has 0 atom stereocenters. The summed E-state index contributed by atoms with van der Waals surface area (Å²) in [5.41, 5.74) is 5.92. The standard InChI is InChI=1S/C26H22O2/c1-26(2,3)23-16-18(20-9-5-7-11-22(20)25(23)28)13-12-17-14-15-24(27)21-10-6-4-8-19(17)21/h4-16H,1-3H3/b17-12-,18-13-. The van der Waals surface area contributed by atoms with Crippen molar-refractivity contribution in [2.45, 2.75) is 20.8 Å². The fourth-order valence-corrected chi connectivity index (χ4v) is 3.69. The zero-order valence-corrected chi connectivity index (χ0v) is 16.3. The van der Waals surface area contributed by atoms with Gasteiger partial charge in [-0.2, -0.15) is 0 Å². The summed E-state index contributed by atoms with van der Waals surface area (Å²) in [6.07, 6.45) is 9.55. The molecule has 0 radical (unpaired) electrons. The molecule has 0 N–H and O–H groups in total. The van der Waals surface area contributed by atoms with Crippen LogP contribution < -0.4 is 0 Å². The topological polar surface area (TPSA) is 34.1 Å². The largest absolute Gasteiger partial charge is 0.289 e. The van der Waals surface area contributed by atoms with Crippen LogP contribution in [-0.4, -0.2) is 11.6 Å². The zero-order chi connectivity index (χ0) is 19.9. The maximum Gasteiger partial charge on any atom is 0.190 e. The summed E-state index contributed by atoms with van der Waals surface area (Å²) in [4.78, 5) is 25.1. The molecule has 0 amide bonds. The predicted octanol–water partition coefficient (Wildman–Crippen LogP) is 6.07. The van der Waals surface area contributed by atoms with Gasteiger partial charge in [0.1, 0.15) is 0 Å². The molecule has 0 spiro atoms. The average molecular weight is 366 g/mol. The number of hydrogen-bond donors (Lipinski definition) is 0. The second kappa shape index (κ2) is 6.72. The Morgan fingerprint density at radius 2 is 1.21 bits per heavy atom. The normalized spacial score (nSPS) is 18.9. The molecular formula is C26H22O2. The summed E-state index contributed by atoms with van der Waals surface area (Å²) >= 11 is 0. The first kappa shape index (κ1) is 18.1. The van der Waals surface area contributed by atoms with Crippen molar-refractivity contribution in [1.82, 2.24) is 0 Å². The molecule has 0 saturated carbocycles. The third kappa shape index (κ3) is 3.11. The smallest absolute Gasteiger partial charge is 0.190 e. The van der Waals surface area contributed by atoms with E-state index in [1.54, 1.807) is 6.08 Å². The number of carbonyl (C=O) groups excluding carboxylic acids is 2. The van der Waals surface area contributed by atoms with E-state index in [0.717, 1.165) is 39.0 Å². The van der Waals surface area contributed by atoms with Gasteiger partial charge in [-0.25, -0.2) is 0 Å². The van der Waals surface area contributed by atoms with Gasteiger partial charge in [0.25, 0.3) is 0 Å². The maximum absolute atomic E-state index is 13.0. The Labute approximate surface area is 165 Å². The van der Waals surface area contributed by atoms with Crippen molar-refractivity contribution in [2.75, 3.05) is 0 Å². The Balaban J connectivity index is 1.86. The molecule has 2 heteroatoms. The number of carbonyl (C=O) groups is 2. The highest BCUT2D eigenvalue weighted by Gasteiger charge is 2.30. The van der Waals surface area contributed by atoms with Crippen LogP contribution in [0.5, 0.6) is 0 Å². The number of Topliss-reactive ketones (excluding diaryl/α,β-unsaturated/α-hetero) is 1. The van der Waals surface area contributed by atoms with Gasteiger partial charge in [0.05, 0.1) is 0 Å². The van der Waals surface area contributed by atoms with Crippen LogP contribution in [0, 0.1) is 5.41 Å². The van der Waals surface area contributed by atoms with Gasteiger partial charge < -0.3 is 0 Å². The molecule has 0 fully saturated rings. The first-order valence-corrected chi connectivity index (χ1v) is 9.46. The van der Waals surface area contributed by atoms with Crippen LogP contribution in [0.1, 0.15) is 52.6 Å². The Bertz CT molecular complexity index is 1120. The minimum atomic E-state index is -0.236. The summed E-state index contributed by atoms with van der Waals surface area (Å²) in [6.45, 7) is 6.19. The third-order valence-electron chi connectivity index (χ3n) is 5.20. The van der Waals surface area contributed by atoms with Crippen LogP contribution in [0.3, 0.4) is 0 Å². The van der Waals surface area contributed by atoms with Crippen molar-refractivity contribution in [3.05, 3.63) is 107 Å². The highest BCUT2D eigenvalue weighted by molar-refractivity contribution is 6.17. The highest BCUT2D eigenvalue weighted by Crippen LogP contribution is 2.38. The lowest BCUT2D eigenvalue weighted by Crippen LogP contribution is -2.22. The van der Waals surface area contributed by atoms with Crippen LogP contribution in [-0.2, 0) is 0 Å². The van der Waals surface area contributed by atoms with Gasteiger partial charge in [-0.3, -0.25) is 9.59 Å². The van der Waals surface area contributed by atoms with E-state index in [0.29, 0.717) is 0 Å². The van der Waals surface area contributed by atoms with Crippen molar-refractivity contribution in [1.29, 1.82) is 0 Å². The van der Waals surface area contributed by atoms with Crippen LogP contribution in [0.25, 0.3) is 11.1 Å². The molecule has 2 aliphatic rings. The van der Waals surface area contributed by atoms with E-state index in [9.17, 15) is 9.59 Å². The molecule has 2 aliphatic carbocycles. The monoisotopic (exact) mass is 366 g/mol. The molecule has 0 aromatic heterocycles. The van der Waals surface area contributed by atoms with Gasteiger partial charge in [0, 0.05) is 16.7 Å². The van der Waals surface area contributed by atoms with E-state index < -0.39 is 0 Å². The number of ketones is 2. The number of benzene rings is 2. The Morgan fingerprint density at radius 1 is 0.679 bits per heavy atom. The molecule has 28 heavy (non-hydrogen) atoms. The first-order valence-electron chi connectivity index (χ1n) is 9.46. The Kier molecular flexibility index (Phi) is 4.35. The third-order valence-corrected chi connectivity index (χ3v) is 5.20. The van der Waals surface area contributed by atoms with Crippen molar-refractivity contribution < 1.29 is 9.59 Å². The van der Waals surface area contributed by atoms with Crippen LogP contribution >= 0.6 is 0 Å². The molecule has 0 heterocycles. The maximum atomic E-state index is 13.0. The molecule has 0 saturated heterocycles. The number of rotatable bonds is 1. The quantitative estimate of drug-likeness (QED) is 0.613. The van der Waals surface area contributed by atoms with Crippen LogP contribution in [0.2, 0.25) is 0 Å². The van der Waals surface area contributed by atoms with E-state index >= 15 is 0 Å². The summed E-state index contributed by atoms with van der Waals surface area (Å²) in [5, 5.41) is 0. The number of fused-ring (bicyclic) bond motifs is 2. The highest BCUT2D eigenvalue weighted by atomic mass is 16.1. The summed E-state index contributed by atoms with van der Waals surface area (Å²) < 4.78 is 0. The summed E-state index contributed by atoms with van der Waals surface area (Å²) in [5.74, 6) is 0.130. The molecule has 2 aromatic rings. The van der Waals surface area contributed by atoms with Crippen LogP contribution in [0.15, 0.2) is 84.5 Å². The van der Waals surface area contributed by atoms with E-state index in [1.165, 1.54) is 0 Å². The fraction of sp³-hybridized carbons (Fsp3) is 0.154. The van der Waals surface area contributed by atoms with Gasteiger partial charge >= 0.3 is 0 Å². The van der Waals surface area contributed by atoms with Gasteiger partial charge in [-0.15, -0.1) is 0 Å². The predicted molar refractivity (Wildman–Crippen MR) is 114 cm³/mol. The minimum absolute atomic E-state index is 0.0314. The molecular weight excluding hydrogens is 344 g/mol. The lowest BCUT2D eigenvalue weighted by atomic mass is 9.75. The zero-order valence-electron chi connectivity index (χ0n) is 16.3. The Hall–Kier alpha value is -3.26. The summed E-state index contributed by atoms with van der Waals surface area (Å²) in [6, 6.07) is 15.4. The van der Waals surface area contributed by atoms with Crippen molar-refractivity contribution >= 4 is 22.7 Å². The number of allylic oxidation sites excluding steroid dienone is 8. The lowest BCUT2D eigenvalue weighted by molar-refractivity contribution is 0.101. The molecule has 0 aliphatic heterocycles. The van der Waals surface area contributed by atoms with E-state index in [1.807, 2.05) is 72.8 Å². The van der Waals surface area contributed by atoms with Gasteiger partial charge in [-0.1, -0.05) is 87.5 Å². The van der Waals surface area contributed by atoms with E-state index in [2.05, 4.69) is 20.8 Å². The summed E-state index contributed by atoms with van der Waals surface area (Å²) in [7, 11) is 0. The van der Waals surface area contributed by atoms with Crippen molar-refractivity contribution in [3.8, 4) is 0 Å². The SMILES string of the molecule is CC(C)(C)C1=C/C(=C/C=C2/C=CC(=O)c3ccccc32)c2ccccc2C1=O. The first-order chi connectivity index (χ1) is 13.4. The minimum Gasteiger partial charge on any atom is -0.289 e. The molecule has 0 unspecified atom stereocenters. The lowest BCUT2D eigenvalue weighted by Gasteiger charge is -2.27. The van der Waals surface area contributed by atoms with E-state index in [-0.39, 0.29) is 17.0 Å². The molecule has 4 rings (SSSR count).